The fourth-order valence-corrected chi connectivity index (χ4v) is 3.42. The first-order valence-corrected chi connectivity index (χ1v) is 11.7. The van der Waals surface area contributed by atoms with Gasteiger partial charge in [0.15, 0.2) is 17.2 Å². The molecule has 0 atom stereocenters. The second-order valence-corrected chi connectivity index (χ2v) is 8.03. The van der Waals surface area contributed by atoms with Crippen LogP contribution in [-0.2, 0) is 4.74 Å². The fraction of sp³-hybridized carbons (Fsp3) is 0.640. The van der Waals surface area contributed by atoms with Gasteiger partial charge in [0, 0.05) is 0 Å². The Kier molecular flexibility index (Phi) is 14.3. The summed E-state index contributed by atoms with van der Waals surface area (Å²) in [5.74, 6) is -2.47. The van der Waals surface area contributed by atoms with E-state index < -0.39 is 23.2 Å². The zero-order valence-electron chi connectivity index (χ0n) is 18.6. The summed E-state index contributed by atoms with van der Waals surface area (Å²) in [6, 6.07) is 2.11. The Morgan fingerprint density at radius 1 is 0.767 bits per heavy atom. The summed E-state index contributed by atoms with van der Waals surface area (Å²) < 4.78 is 4.97. The molecular weight excluding hydrogens is 380 g/mol. The van der Waals surface area contributed by atoms with Gasteiger partial charge in [0.1, 0.15) is 0 Å². The molecule has 0 saturated heterocycles. The number of ether oxygens (including phenoxy) is 1. The molecule has 1 aromatic carbocycles. The molecule has 0 amide bonds. The van der Waals surface area contributed by atoms with Crippen molar-refractivity contribution in [1.29, 1.82) is 0 Å². The highest BCUT2D eigenvalue weighted by atomic mass is 16.5. The van der Waals surface area contributed by atoms with Gasteiger partial charge in [-0.05, 0) is 31.1 Å². The Morgan fingerprint density at radius 2 is 1.20 bits per heavy atom. The highest BCUT2D eigenvalue weighted by Crippen LogP contribution is 2.35. The van der Waals surface area contributed by atoms with E-state index in [0.717, 1.165) is 25.0 Å². The Bertz CT molecular complexity index is 601. The predicted octanol–water partition coefficient (Wildman–Crippen LogP) is 7.35. The van der Waals surface area contributed by atoms with Crippen LogP contribution in [0.4, 0.5) is 0 Å². The third kappa shape index (κ3) is 11.7. The molecule has 0 heterocycles. The molecule has 0 fully saturated rings. The van der Waals surface area contributed by atoms with Crippen molar-refractivity contribution in [3.05, 3.63) is 30.0 Å². The van der Waals surface area contributed by atoms with Crippen LogP contribution in [0.3, 0.4) is 0 Å². The zero-order valence-corrected chi connectivity index (χ0v) is 18.6. The molecule has 170 valence electrons. The number of aromatic hydroxyl groups is 3. The molecule has 0 aliphatic heterocycles. The Morgan fingerprint density at radius 3 is 1.67 bits per heavy atom. The number of carbonyl (C=O) groups excluding carboxylic acids is 1. The number of esters is 1. The first kappa shape index (κ1) is 25.9. The van der Waals surface area contributed by atoms with Gasteiger partial charge in [0.2, 0.25) is 0 Å². The van der Waals surface area contributed by atoms with Crippen LogP contribution in [-0.4, -0.2) is 21.3 Å². The number of allylic oxidation sites excluding steroid dienone is 1. The van der Waals surface area contributed by atoms with Gasteiger partial charge in [-0.1, -0.05) is 90.4 Å². The summed E-state index contributed by atoms with van der Waals surface area (Å²) in [4.78, 5) is 11.8. The molecule has 1 aromatic rings. The first-order valence-electron chi connectivity index (χ1n) is 11.7. The molecule has 0 radical (unpaired) electrons. The summed E-state index contributed by atoms with van der Waals surface area (Å²) in [5, 5.41) is 28.1. The largest absolute Gasteiger partial charge is 0.504 e. The van der Waals surface area contributed by atoms with Crippen LogP contribution in [0.25, 0.3) is 0 Å². The van der Waals surface area contributed by atoms with Crippen LogP contribution in [0.2, 0.25) is 0 Å². The minimum atomic E-state index is -0.696. The second-order valence-electron chi connectivity index (χ2n) is 8.03. The van der Waals surface area contributed by atoms with Crippen molar-refractivity contribution >= 4 is 5.97 Å². The number of unbranched alkanes of at least 4 members (excludes halogenated alkanes) is 14. The molecule has 0 spiro atoms. The normalized spacial score (nSPS) is 11.2. The van der Waals surface area contributed by atoms with Crippen molar-refractivity contribution < 1.29 is 24.9 Å². The lowest BCUT2D eigenvalue weighted by Gasteiger charge is -2.04. The van der Waals surface area contributed by atoms with Gasteiger partial charge in [-0.15, -0.1) is 0 Å². The Balaban J connectivity index is 1.94. The van der Waals surface area contributed by atoms with Crippen molar-refractivity contribution in [3.8, 4) is 17.2 Å². The van der Waals surface area contributed by atoms with Crippen molar-refractivity contribution in [2.45, 2.75) is 103 Å². The van der Waals surface area contributed by atoms with Crippen LogP contribution in [0.1, 0.15) is 114 Å². The van der Waals surface area contributed by atoms with Crippen molar-refractivity contribution in [1.82, 2.24) is 0 Å². The van der Waals surface area contributed by atoms with E-state index in [1.807, 2.05) is 0 Å². The summed E-state index contributed by atoms with van der Waals surface area (Å²) in [5.41, 5.74) is -0.0241. The number of phenolic OH excluding ortho intramolecular Hbond substituents is 3. The van der Waals surface area contributed by atoms with E-state index in [2.05, 4.69) is 6.92 Å². The maximum Gasteiger partial charge on any atom is 0.343 e. The molecule has 0 unspecified atom stereocenters. The number of rotatable bonds is 17. The molecule has 0 aliphatic carbocycles. The number of carbonyl (C=O) groups is 1. The van der Waals surface area contributed by atoms with Gasteiger partial charge in [0.25, 0.3) is 0 Å². The number of phenols is 3. The molecule has 1 rings (SSSR count). The molecule has 3 N–H and O–H groups in total. The standard InChI is InChI=1S/C25H40O5/c1-2-3-4-5-6-7-8-9-10-11-12-13-14-15-16-17-18-30-25(29)21-19-22(26)24(28)23(27)20-21/h17-20,26-28H,2-16H2,1H3. The second kappa shape index (κ2) is 16.6. The van der Waals surface area contributed by atoms with Gasteiger partial charge in [-0.2, -0.15) is 0 Å². The summed E-state index contributed by atoms with van der Waals surface area (Å²) in [7, 11) is 0. The quantitative estimate of drug-likeness (QED) is 0.106. The highest BCUT2D eigenvalue weighted by molar-refractivity contribution is 5.91. The van der Waals surface area contributed by atoms with E-state index in [1.165, 1.54) is 89.7 Å². The molecule has 0 bridgehead atoms. The predicted molar refractivity (Wildman–Crippen MR) is 121 cm³/mol. The molecule has 0 saturated carbocycles. The fourth-order valence-electron chi connectivity index (χ4n) is 3.42. The lowest BCUT2D eigenvalue weighted by Crippen LogP contribution is -2.00. The van der Waals surface area contributed by atoms with Gasteiger partial charge >= 0.3 is 5.97 Å². The van der Waals surface area contributed by atoms with Gasteiger partial charge < -0.3 is 20.1 Å². The summed E-state index contributed by atoms with van der Waals surface area (Å²) in [6.07, 6.45) is 22.5. The molecule has 30 heavy (non-hydrogen) atoms. The maximum atomic E-state index is 11.8. The summed E-state index contributed by atoms with van der Waals surface area (Å²) in [6.45, 7) is 2.26. The topological polar surface area (TPSA) is 87.0 Å². The van der Waals surface area contributed by atoms with Crippen molar-refractivity contribution in [2.75, 3.05) is 0 Å². The smallest absolute Gasteiger partial charge is 0.343 e. The van der Waals surface area contributed by atoms with E-state index in [1.54, 1.807) is 6.08 Å². The van der Waals surface area contributed by atoms with Crippen LogP contribution >= 0.6 is 0 Å². The molecule has 5 nitrogen and oxygen atoms in total. The van der Waals surface area contributed by atoms with Crippen molar-refractivity contribution in [3.63, 3.8) is 0 Å². The minimum Gasteiger partial charge on any atom is -0.504 e. The molecule has 0 aliphatic rings. The summed E-state index contributed by atoms with van der Waals surface area (Å²) >= 11 is 0. The van der Waals surface area contributed by atoms with Crippen LogP contribution in [0, 0.1) is 0 Å². The SMILES string of the molecule is CCCCCCCCCCCCCCCCC=COC(=O)c1cc(O)c(O)c(O)c1. The molecule has 0 aromatic heterocycles. The third-order valence-corrected chi connectivity index (χ3v) is 5.30. The van der Waals surface area contributed by atoms with Gasteiger partial charge in [-0.25, -0.2) is 4.79 Å². The maximum absolute atomic E-state index is 11.8. The van der Waals surface area contributed by atoms with E-state index in [0.29, 0.717) is 0 Å². The Labute approximate surface area is 181 Å². The number of benzene rings is 1. The third-order valence-electron chi connectivity index (χ3n) is 5.30. The monoisotopic (exact) mass is 420 g/mol. The number of hydrogen-bond donors (Lipinski definition) is 3. The van der Waals surface area contributed by atoms with Gasteiger partial charge in [0.05, 0.1) is 11.8 Å². The van der Waals surface area contributed by atoms with Crippen molar-refractivity contribution in [2.24, 2.45) is 0 Å². The van der Waals surface area contributed by atoms with E-state index in [9.17, 15) is 20.1 Å². The van der Waals surface area contributed by atoms with E-state index in [4.69, 9.17) is 4.74 Å². The number of hydrogen-bond acceptors (Lipinski definition) is 5. The molecule has 5 heteroatoms. The van der Waals surface area contributed by atoms with E-state index in [-0.39, 0.29) is 5.56 Å². The lowest BCUT2D eigenvalue weighted by atomic mass is 10.0. The van der Waals surface area contributed by atoms with Crippen LogP contribution in [0.15, 0.2) is 24.5 Å². The van der Waals surface area contributed by atoms with E-state index >= 15 is 0 Å². The van der Waals surface area contributed by atoms with Gasteiger partial charge in [-0.3, -0.25) is 0 Å². The Hall–Kier alpha value is -2.17. The molecular formula is C25H40O5. The average molecular weight is 421 g/mol. The minimum absolute atomic E-state index is 0.0241. The first-order chi connectivity index (χ1) is 14.6. The zero-order chi connectivity index (χ0) is 22.0. The lowest BCUT2D eigenvalue weighted by molar-refractivity contribution is 0.0661. The van der Waals surface area contributed by atoms with Crippen LogP contribution < -0.4 is 0 Å². The average Bonchev–Trinajstić information content (AvgIpc) is 2.73. The van der Waals surface area contributed by atoms with Crippen LogP contribution in [0.5, 0.6) is 17.2 Å². The highest BCUT2D eigenvalue weighted by Gasteiger charge is 2.13.